The van der Waals surface area contributed by atoms with Crippen molar-refractivity contribution in [3.8, 4) is 55.6 Å². The summed E-state index contributed by atoms with van der Waals surface area (Å²) in [5.41, 5.74) is 29.9. The van der Waals surface area contributed by atoms with E-state index in [1.165, 1.54) is 123 Å². The van der Waals surface area contributed by atoms with E-state index in [4.69, 9.17) is 0 Å². The average Bonchev–Trinajstić information content (AvgIpc) is 4.16. The number of aryl methyl sites for hydroxylation is 1. The van der Waals surface area contributed by atoms with Crippen LogP contribution in [-0.4, -0.2) is 0 Å². The highest BCUT2D eigenvalue weighted by atomic mass is 15.1. The Hall–Kier alpha value is -8.00. The van der Waals surface area contributed by atoms with Gasteiger partial charge in [0.05, 0.1) is 11.1 Å². The molecule has 1 unspecified atom stereocenters. The van der Waals surface area contributed by atoms with Crippen molar-refractivity contribution in [2.24, 2.45) is 0 Å². The Labute approximate surface area is 398 Å². The van der Waals surface area contributed by atoms with E-state index < -0.39 is 5.41 Å². The van der Waals surface area contributed by atoms with Crippen molar-refractivity contribution in [1.82, 2.24) is 0 Å². The van der Waals surface area contributed by atoms with Crippen LogP contribution >= 0.6 is 0 Å². The zero-order valence-electron chi connectivity index (χ0n) is 38.2. The van der Waals surface area contributed by atoms with Crippen LogP contribution in [0, 0.1) is 0 Å². The molecule has 0 bridgehead atoms. The molecule has 0 radical (unpaired) electrons. The summed E-state index contributed by atoms with van der Waals surface area (Å²) < 4.78 is 0. The summed E-state index contributed by atoms with van der Waals surface area (Å²) in [6.45, 7) is 4.78. The molecule has 0 saturated heterocycles. The van der Waals surface area contributed by atoms with E-state index in [2.05, 4.69) is 243 Å². The molecule has 1 heteroatoms. The van der Waals surface area contributed by atoms with Crippen molar-refractivity contribution in [3.63, 3.8) is 0 Å². The molecule has 5 aliphatic rings. The van der Waals surface area contributed by atoms with Gasteiger partial charge in [0.2, 0.25) is 0 Å². The number of benzene rings is 10. The molecule has 0 saturated carbocycles. The summed E-state index contributed by atoms with van der Waals surface area (Å²) in [6, 6.07) is 85.7. The van der Waals surface area contributed by atoms with E-state index in [-0.39, 0.29) is 10.8 Å². The number of nitrogens with zero attached hydrogens (tertiary/aromatic N) is 1. The Morgan fingerprint density at radius 2 is 0.838 bits per heavy atom. The second-order valence-electron chi connectivity index (χ2n) is 20.2. The monoisotopic (exact) mass is 865 g/mol. The molecule has 1 atom stereocenters. The Kier molecular flexibility index (Phi) is 7.60. The first kappa shape index (κ1) is 38.1. The van der Waals surface area contributed by atoms with Crippen molar-refractivity contribution in [2.75, 3.05) is 4.90 Å². The maximum absolute atomic E-state index is 2.58. The molecule has 10 aromatic rings. The highest BCUT2D eigenvalue weighted by Crippen LogP contribution is 2.65. The molecule has 5 aliphatic carbocycles. The van der Waals surface area contributed by atoms with Crippen LogP contribution in [0.4, 0.5) is 17.1 Å². The first-order chi connectivity index (χ1) is 33.5. The predicted octanol–water partition coefficient (Wildman–Crippen LogP) is 16.7. The number of rotatable bonds is 4. The molecule has 0 aliphatic heterocycles. The average molecular weight is 866 g/mol. The van der Waals surface area contributed by atoms with Crippen LogP contribution < -0.4 is 4.90 Å². The van der Waals surface area contributed by atoms with Gasteiger partial charge in [-0.15, -0.1) is 0 Å². The van der Waals surface area contributed by atoms with E-state index in [1.54, 1.807) is 0 Å². The quantitative estimate of drug-likeness (QED) is 0.170. The third kappa shape index (κ3) is 4.66. The van der Waals surface area contributed by atoms with E-state index in [0.29, 0.717) is 0 Å². The van der Waals surface area contributed by atoms with Crippen LogP contribution in [0.1, 0.15) is 75.9 Å². The van der Waals surface area contributed by atoms with E-state index >= 15 is 0 Å². The second-order valence-corrected chi connectivity index (χ2v) is 20.2. The largest absolute Gasteiger partial charge is 0.310 e. The first-order valence-corrected chi connectivity index (χ1v) is 24.4. The standard InChI is InChI=1S/C67H47N/c1-65(2)55-26-10-4-21-50(55)52-24-15-23-46(64(52)65)42-33-35-44(36-34-42)68(45-37-38-51-47-18-5-11-27-56(47)66(61(51)41-45)40-39-43-17-3-9-25-54(43)66)62-32-16-31-60-63(62)53-22-8-14-30-59(53)67(60)57-28-12-6-19-48(57)49-20-7-13-29-58(49)67/h3-38,41H,39-40H2,1-2H3. The lowest BCUT2D eigenvalue weighted by atomic mass is 9.70. The molecular weight excluding hydrogens is 819 g/mol. The molecule has 15 rings (SSSR count). The van der Waals surface area contributed by atoms with Crippen LogP contribution in [0.25, 0.3) is 55.6 Å². The molecule has 10 aromatic carbocycles. The third-order valence-electron chi connectivity index (χ3n) is 16.9. The molecular formula is C67H47N. The van der Waals surface area contributed by atoms with Gasteiger partial charge < -0.3 is 4.90 Å². The molecule has 68 heavy (non-hydrogen) atoms. The van der Waals surface area contributed by atoms with Gasteiger partial charge in [0, 0.05) is 27.8 Å². The van der Waals surface area contributed by atoms with Gasteiger partial charge in [-0.1, -0.05) is 208 Å². The van der Waals surface area contributed by atoms with Crippen molar-refractivity contribution in [3.05, 3.63) is 280 Å². The molecule has 320 valence electrons. The second kappa shape index (κ2) is 13.6. The fourth-order valence-corrected chi connectivity index (χ4v) is 14.3. The molecule has 0 aromatic heterocycles. The SMILES string of the molecule is CC1(C)c2ccccc2-c2cccc(-c3ccc(N(c4ccc5c(c4)C4(CCc6ccccc64)c4ccccc4-5)c4cccc5c4-c4ccccc4C54c5ccccc5-c5ccccc54)cc3)c21. The smallest absolute Gasteiger partial charge is 0.0726 e. The molecule has 0 heterocycles. The number of anilines is 3. The highest BCUT2D eigenvalue weighted by Gasteiger charge is 2.53. The summed E-state index contributed by atoms with van der Waals surface area (Å²) in [6.07, 6.45) is 2.13. The lowest BCUT2D eigenvalue weighted by Gasteiger charge is -2.33. The molecule has 0 amide bonds. The molecule has 0 N–H and O–H groups in total. The van der Waals surface area contributed by atoms with Crippen molar-refractivity contribution in [2.45, 2.75) is 42.9 Å². The maximum atomic E-state index is 2.58. The molecule has 0 fully saturated rings. The third-order valence-corrected chi connectivity index (χ3v) is 16.9. The lowest BCUT2D eigenvalue weighted by Crippen LogP contribution is -2.26. The van der Waals surface area contributed by atoms with Gasteiger partial charge in [0.25, 0.3) is 0 Å². The zero-order chi connectivity index (χ0) is 44.9. The molecule has 1 nitrogen and oxygen atoms in total. The van der Waals surface area contributed by atoms with E-state index in [0.717, 1.165) is 18.5 Å². The summed E-state index contributed by atoms with van der Waals surface area (Å²) >= 11 is 0. The minimum absolute atomic E-state index is 0.116. The van der Waals surface area contributed by atoms with Gasteiger partial charge in [-0.2, -0.15) is 0 Å². The van der Waals surface area contributed by atoms with Crippen molar-refractivity contribution < 1.29 is 0 Å². The van der Waals surface area contributed by atoms with Crippen LogP contribution in [0.3, 0.4) is 0 Å². The van der Waals surface area contributed by atoms with Crippen molar-refractivity contribution >= 4 is 17.1 Å². The summed E-state index contributed by atoms with van der Waals surface area (Å²) in [4.78, 5) is 2.58. The Balaban J connectivity index is 0.977. The fraction of sp³-hybridized carbons (Fsp3) is 0.104. The Bertz CT molecular complexity index is 3750. The maximum Gasteiger partial charge on any atom is 0.0726 e. The number of fused-ring (bicyclic) bond motifs is 20. The van der Waals surface area contributed by atoms with Crippen molar-refractivity contribution in [1.29, 1.82) is 0 Å². The number of hydrogen-bond acceptors (Lipinski definition) is 1. The van der Waals surface area contributed by atoms with Gasteiger partial charge in [0.1, 0.15) is 0 Å². The fourth-order valence-electron chi connectivity index (χ4n) is 14.3. The first-order valence-electron chi connectivity index (χ1n) is 24.4. The Morgan fingerprint density at radius 1 is 0.353 bits per heavy atom. The highest BCUT2D eigenvalue weighted by molar-refractivity contribution is 6.02. The Morgan fingerprint density at radius 3 is 1.54 bits per heavy atom. The predicted molar refractivity (Wildman–Crippen MR) is 281 cm³/mol. The van der Waals surface area contributed by atoms with Crippen LogP contribution in [0.2, 0.25) is 0 Å². The molecule has 2 spiro atoms. The number of hydrogen-bond donors (Lipinski definition) is 0. The topological polar surface area (TPSA) is 3.24 Å². The van der Waals surface area contributed by atoms with Crippen LogP contribution in [0.15, 0.2) is 224 Å². The minimum atomic E-state index is -0.445. The summed E-state index contributed by atoms with van der Waals surface area (Å²) in [7, 11) is 0. The minimum Gasteiger partial charge on any atom is -0.310 e. The normalized spacial score (nSPS) is 17.1. The van der Waals surface area contributed by atoms with Gasteiger partial charge in [-0.3, -0.25) is 0 Å². The van der Waals surface area contributed by atoms with Gasteiger partial charge >= 0.3 is 0 Å². The van der Waals surface area contributed by atoms with Gasteiger partial charge in [0.15, 0.2) is 0 Å². The lowest BCUT2D eigenvalue weighted by molar-refractivity contribution is 0.626. The van der Waals surface area contributed by atoms with Gasteiger partial charge in [-0.05, 0) is 149 Å². The summed E-state index contributed by atoms with van der Waals surface area (Å²) in [5, 5.41) is 0. The van der Waals surface area contributed by atoms with E-state index in [1.807, 2.05) is 0 Å². The van der Waals surface area contributed by atoms with Crippen LogP contribution in [0.5, 0.6) is 0 Å². The van der Waals surface area contributed by atoms with Crippen LogP contribution in [-0.2, 0) is 22.7 Å². The van der Waals surface area contributed by atoms with E-state index in [9.17, 15) is 0 Å². The van der Waals surface area contributed by atoms with Gasteiger partial charge in [-0.25, -0.2) is 0 Å². The summed E-state index contributed by atoms with van der Waals surface area (Å²) in [5.74, 6) is 0. The zero-order valence-corrected chi connectivity index (χ0v) is 38.2.